The van der Waals surface area contributed by atoms with Crippen LogP contribution >= 0.6 is 0 Å². The smallest absolute Gasteiger partial charge is 0.227 e. The summed E-state index contributed by atoms with van der Waals surface area (Å²) in [5.74, 6) is 1.01. The molecular formula is C23H27N5O2. The molecule has 0 aliphatic carbocycles. The van der Waals surface area contributed by atoms with Gasteiger partial charge in [-0.3, -0.25) is 9.69 Å². The molecule has 0 atom stereocenters. The van der Waals surface area contributed by atoms with Crippen molar-refractivity contribution >= 4 is 17.3 Å². The zero-order valence-corrected chi connectivity index (χ0v) is 17.3. The summed E-state index contributed by atoms with van der Waals surface area (Å²) in [6, 6.07) is 18.7. The Morgan fingerprint density at radius 2 is 1.77 bits per heavy atom. The first-order valence-corrected chi connectivity index (χ1v) is 10.4. The number of hydrogen-bond acceptors (Lipinski definition) is 6. The van der Waals surface area contributed by atoms with E-state index >= 15 is 0 Å². The molecule has 2 heterocycles. The summed E-state index contributed by atoms with van der Waals surface area (Å²) in [7, 11) is 0. The number of aromatic nitrogens is 2. The van der Waals surface area contributed by atoms with E-state index in [1.54, 1.807) is 6.92 Å². The zero-order valence-electron chi connectivity index (χ0n) is 17.3. The lowest BCUT2D eigenvalue weighted by molar-refractivity contribution is -0.116. The molecule has 1 aliphatic heterocycles. The highest BCUT2D eigenvalue weighted by atomic mass is 16.5. The normalized spacial score (nSPS) is 14.6. The van der Waals surface area contributed by atoms with Crippen molar-refractivity contribution in [3.05, 3.63) is 71.9 Å². The Balaban J connectivity index is 1.23. The van der Waals surface area contributed by atoms with Crippen molar-refractivity contribution < 1.29 is 9.32 Å². The summed E-state index contributed by atoms with van der Waals surface area (Å²) in [5.41, 5.74) is 3.35. The molecule has 0 bridgehead atoms. The summed E-state index contributed by atoms with van der Waals surface area (Å²) in [6.07, 6.45) is 0.755. The first kappa shape index (κ1) is 20.1. The lowest BCUT2D eigenvalue weighted by atomic mass is 10.2. The van der Waals surface area contributed by atoms with Crippen LogP contribution in [-0.2, 0) is 17.8 Å². The zero-order chi connectivity index (χ0) is 20.8. The Bertz CT molecular complexity index is 947. The molecule has 0 unspecified atom stereocenters. The number of aryl methyl sites for hydroxylation is 2. The van der Waals surface area contributed by atoms with Gasteiger partial charge in [-0.25, -0.2) is 0 Å². The number of anilines is 2. The van der Waals surface area contributed by atoms with Crippen LogP contribution in [0.4, 0.5) is 11.4 Å². The van der Waals surface area contributed by atoms with Gasteiger partial charge < -0.3 is 14.7 Å². The number of carbonyl (C=O) groups is 1. The molecule has 1 aromatic heterocycles. The van der Waals surface area contributed by atoms with Gasteiger partial charge in [-0.2, -0.15) is 4.98 Å². The van der Waals surface area contributed by atoms with Gasteiger partial charge in [0, 0.05) is 56.9 Å². The van der Waals surface area contributed by atoms with Crippen molar-refractivity contribution in [2.24, 2.45) is 0 Å². The van der Waals surface area contributed by atoms with Gasteiger partial charge in [-0.05, 0) is 36.8 Å². The average molecular weight is 406 g/mol. The van der Waals surface area contributed by atoms with Gasteiger partial charge in [0.15, 0.2) is 5.82 Å². The molecule has 3 aromatic rings. The first-order chi connectivity index (χ1) is 14.7. The molecular weight excluding hydrogens is 378 g/mol. The fourth-order valence-electron chi connectivity index (χ4n) is 3.65. The predicted molar refractivity (Wildman–Crippen MR) is 116 cm³/mol. The second-order valence-corrected chi connectivity index (χ2v) is 7.58. The maximum atomic E-state index is 12.1. The molecule has 0 spiro atoms. The van der Waals surface area contributed by atoms with E-state index in [-0.39, 0.29) is 5.91 Å². The number of nitrogens with zero attached hydrogens (tertiary/aromatic N) is 4. The van der Waals surface area contributed by atoms with Gasteiger partial charge in [-0.15, -0.1) is 0 Å². The van der Waals surface area contributed by atoms with Gasteiger partial charge >= 0.3 is 0 Å². The van der Waals surface area contributed by atoms with Crippen LogP contribution in [0, 0.1) is 6.92 Å². The lowest BCUT2D eigenvalue weighted by Gasteiger charge is -2.36. The third kappa shape index (κ3) is 5.45. The second-order valence-electron chi connectivity index (χ2n) is 7.58. The van der Waals surface area contributed by atoms with Crippen molar-refractivity contribution in [2.75, 3.05) is 36.4 Å². The molecule has 1 saturated heterocycles. The van der Waals surface area contributed by atoms with Crippen LogP contribution in [-0.4, -0.2) is 47.1 Å². The molecule has 0 saturated carbocycles. The minimum Gasteiger partial charge on any atom is -0.369 e. The summed E-state index contributed by atoms with van der Waals surface area (Å²) < 4.78 is 5.04. The van der Waals surface area contributed by atoms with Gasteiger partial charge in [0.2, 0.25) is 11.8 Å². The van der Waals surface area contributed by atoms with Gasteiger partial charge in [0.25, 0.3) is 0 Å². The largest absolute Gasteiger partial charge is 0.369 e. The minimum absolute atomic E-state index is 0.0619. The van der Waals surface area contributed by atoms with Crippen LogP contribution in [0.1, 0.15) is 23.7 Å². The molecule has 156 valence electrons. The molecule has 1 fully saturated rings. The van der Waals surface area contributed by atoms with E-state index in [1.807, 2.05) is 12.1 Å². The van der Waals surface area contributed by atoms with Crippen LogP contribution < -0.4 is 10.2 Å². The third-order valence-corrected chi connectivity index (χ3v) is 5.27. The standard InChI is InChI=1S/C23H27N5O2/c1-18-24-23(30-26-18)12-11-22(29)25-20-7-9-21(10-8-20)28-15-13-27(14-16-28)17-19-5-3-2-4-6-19/h2-10H,11-17H2,1H3,(H,25,29). The second kappa shape index (κ2) is 9.54. The number of hydrogen-bond donors (Lipinski definition) is 1. The fourth-order valence-corrected chi connectivity index (χ4v) is 3.65. The number of rotatable bonds is 7. The van der Waals surface area contributed by atoms with E-state index in [9.17, 15) is 4.79 Å². The van der Waals surface area contributed by atoms with Gasteiger partial charge in [0.1, 0.15) is 0 Å². The van der Waals surface area contributed by atoms with Crippen molar-refractivity contribution in [3.8, 4) is 0 Å². The Morgan fingerprint density at radius 1 is 1.03 bits per heavy atom. The molecule has 2 aromatic carbocycles. The fraction of sp³-hybridized carbons (Fsp3) is 0.348. The van der Waals surface area contributed by atoms with E-state index in [1.165, 1.54) is 11.3 Å². The van der Waals surface area contributed by atoms with Crippen LogP contribution in [0.5, 0.6) is 0 Å². The Labute approximate surface area is 176 Å². The summed E-state index contributed by atoms with van der Waals surface area (Å²) in [5, 5.41) is 6.66. The molecule has 1 amide bonds. The molecule has 1 N–H and O–H groups in total. The third-order valence-electron chi connectivity index (χ3n) is 5.27. The number of nitrogens with one attached hydrogen (secondary N) is 1. The van der Waals surface area contributed by atoms with Crippen molar-refractivity contribution in [3.63, 3.8) is 0 Å². The molecule has 0 radical (unpaired) electrons. The summed E-state index contributed by atoms with van der Waals surface area (Å²) in [4.78, 5) is 21.1. The van der Waals surface area contributed by atoms with Gasteiger partial charge in [0.05, 0.1) is 0 Å². The molecule has 7 heteroatoms. The molecule has 7 nitrogen and oxygen atoms in total. The number of carbonyl (C=O) groups excluding carboxylic acids is 1. The number of benzene rings is 2. The summed E-state index contributed by atoms with van der Waals surface area (Å²) in [6.45, 7) is 6.86. The van der Waals surface area contributed by atoms with Crippen LogP contribution in [0.25, 0.3) is 0 Å². The SMILES string of the molecule is Cc1noc(CCC(=O)Nc2ccc(N3CCN(Cc4ccccc4)CC3)cc2)n1. The predicted octanol–water partition coefficient (Wildman–Crippen LogP) is 3.27. The van der Waals surface area contributed by atoms with Crippen molar-refractivity contribution in [1.29, 1.82) is 0 Å². The Kier molecular flexibility index (Phi) is 6.39. The van der Waals surface area contributed by atoms with Crippen molar-refractivity contribution in [2.45, 2.75) is 26.3 Å². The lowest BCUT2D eigenvalue weighted by Crippen LogP contribution is -2.45. The Hall–Kier alpha value is -3.19. The monoisotopic (exact) mass is 405 g/mol. The van der Waals surface area contributed by atoms with E-state index in [2.05, 4.69) is 67.7 Å². The highest BCUT2D eigenvalue weighted by Gasteiger charge is 2.17. The van der Waals surface area contributed by atoms with Crippen LogP contribution in [0.15, 0.2) is 59.1 Å². The molecule has 30 heavy (non-hydrogen) atoms. The minimum atomic E-state index is -0.0619. The molecule has 4 rings (SSSR count). The van der Waals surface area contributed by atoms with Gasteiger partial charge in [-0.1, -0.05) is 35.5 Å². The maximum Gasteiger partial charge on any atom is 0.227 e. The summed E-state index contributed by atoms with van der Waals surface area (Å²) >= 11 is 0. The van der Waals surface area contributed by atoms with E-state index < -0.39 is 0 Å². The maximum absolute atomic E-state index is 12.1. The van der Waals surface area contributed by atoms with Crippen LogP contribution in [0.3, 0.4) is 0 Å². The topological polar surface area (TPSA) is 74.5 Å². The first-order valence-electron chi connectivity index (χ1n) is 10.4. The van der Waals surface area contributed by atoms with Crippen molar-refractivity contribution in [1.82, 2.24) is 15.0 Å². The highest BCUT2D eigenvalue weighted by molar-refractivity contribution is 5.90. The average Bonchev–Trinajstić information content (AvgIpc) is 3.19. The number of piperazine rings is 1. The highest BCUT2D eigenvalue weighted by Crippen LogP contribution is 2.20. The quantitative estimate of drug-likeness (QED) is 0.650. The van der Waals surface area contributed by atoms with E-state index in [0.717, 1.165) is 38.4 Å². The molecule has 1 aliphatic rings. The number of amides is 1. The van der Waals surface area contributed by atoms with E-state index in [0.29, 0.717) is 24.6 Å². The Morgan fingerprint density at radius 3 is 2.43 bits per heavy atom. The van der Waals surface area contributed by atoms with Crippen LogP contribution in [0.2, 0.25) is 0 Å². The van der Waals surface area contributed by atoms with E-state index in [4.69, 9.17) is 4.52 Å².